The Bertz CT molecular complexity index is 403. The minimum Gasteiger partial charge on any atom is -0.298 e. The molecule has 0 bridgehead atoms. The van der Waals surface area contributed by atoms with E-state index in [0.717, 1.165) is 12.0 Å². The number of nitrogens with zero attached hydrogens (tertiary/aromatic N) is 1. The van der Waals surface area contributed by atoms with E-state index in [1.807, 2.05) is 19.1 Å². The second-order valence-corrected chi connectivity index (χ2v) is 4.14. The number of hydrogen-bond acceptors (Lipinski definition) is 3. The van der Waals surface area contributed by atoms with E-state index in [-0.39, 0.29) is 17.5 Å². The fourth-order valence-corrected chi connectivity index (χ4v) is 1.51. The molecule has 0 aliphatic heterocycles. The van der Waals surface area contributed by atoms with Crippen molar-refractivity contribution in [1.29, 1.82) is 0 Å². The largest absolute Gasteiger partial charge is 0.298 e. The first kappa shape index (κ1) is 13.9. The van der Waals surface area contributed by atoms with Gasteiger partial charge in [0, 0.05) is 0 Å². The third-order valence-electron chi connectivity index (χ3n) is 2.32. The van der Waals surface area contributed by atoms with Gasteiger partial charge in [0.15, 0.2) is 5.78 Å². The Hall–Kier alpha value is -1.20. The summed E-state index contributed by atoms with van der Waals surface area (Å²) in [5, 5.41) is 10.2. The van der Waals surface area contributed by atoms with Gasteiger partial charge in [-0.3, -0.25) is 14.8 Å². The normalized spacial score (nSPS) is 10.1. The summed E-state index contributed by atoms with van der Waals surface area (Å²) in [5.41, 5.74) is 1.49. The molecule has 1 amide bonds. The molecule has 0 saturated heterocycles. The van der Waals surface area contributed by atoms with E-state index in [0.29, 0.717) is 10.8 Å². The number of carbonyl (C=O) groups excluding carboxylic acids is 2. The minimum absolute atomic E-state index is 0.112. The van der Waals surface area contributed by atoms with Gasteiger partial charge in [0.25, 0.3) is 5.91 Å². The molecule has 4 nitrogen and oxygen atoms in total. The molecule has 0 aliphatic carbocycles. The number of Topliss-reactive ketones (excluding diaryl/α,β-unsaturated/α-hetero) is 1. The number of halogens is 1. The van der Waals surface area contributed by atoms with Crippen molar-refractivity contribution in [1.82, 2.24) is 0 Å². The number of ketones is 1. The topological polar surface area (TPSA) is 57.6 Å². The van der Waals surface area contributed by atoms with Gasteiger partial charge in [-0.2, -0.15) is 5.06 Å². The minimum atomic E-state index is -0.626. The van der Waals surface area contributed by atoms with Gasteiger partial charge in [-0.1, -0.05) is 35.0 Å². The molecule has 0 saturated carbocycles. The van der Waals surface area contributed by atoms with E-state index in [1.165, 1.54) is 0 Å². The molecule has 1 aromatic rings. The van der Waals surface area contributed by atoms with Crippen molar-refractivity contribution in [2.24, 2.45) is 0 Å². The lowest BCUT2D eigenvalue weighted by Gasteiger charge is -2.14. The van der Waals surface area contributed by atoms with Crippen molar-refractivity contribution in [3.63, 3.8) is 0 Å². The third-order valence-corrected chi connectivity index (χ3v) is 2.95. The van der Waals surface area contributed by atoms with Gasteiger partial charge in [0.2, 0.25) is 0 Å². The molecule has 0 unspecified atom stereocenters. The number of aryl methyl sites for hydroxylation is 1. The first-order valence-corrected chi connectivity index (χ1v) is 6.39. The fraction of sp³-hybridized carbons (Fsp3) is 0.333. The van der Waals surface area contributed by atoms with Crippen LogP contribution in [0, 0.1) is 0 Å². The van der Waals surface area contributed by atoms with Gasteiger partial charge in [0.05, 0.1) is 17.4 Å². The quantitative estimate of drug-likeness (QED) is 0.393. The van der Waals surface area contributed by atoms with E-state index in [9.17, 15) is 14.8 Å². The van der Waals surface area contributed by atoms with E-state index < -0.39 is 5.91 Å². The van der Waals surface area contributed by atoms with Gasteiger partial charge >= 0.3 is 0 Å². The summed E-state index contributed by atoms with van der Waals surface area (Å²) >= 11 is 2.97. The monoisotopic (exact) mass is 299 g/mol. The van der Waals surface area contributed by atoms with Crippen molar-refractivity contribution < 1.29 is 14.8 Å². The van der Waals surface area contributed by atoms with Crippen molar-refractivity contribution in [3.8, 4) is 0 Å². The van der Waals surface area contributed by atoms with Crippen LogP contribution in [0.2, 0.25) is 0 Å². The third kappa shape index (κ3) is 3.94. The zero-order valence-electron chi connectivity index (χ0n) is 9.52. The van der Waals surface area contributed by atoms with Crippen LogP contribution in [0.1, 0.15) is 18.9 Å². The number of amides is 1. The van der Waals surface area contributed by atoms with Crippen LogP contribution >= 0.6 is 15.9 Å². The molecule has 0 spiro atoms. The molecule has 0 aromatic heterocycles. The molecule has 0 aliphatic rings. The summed E-state index contributed by atoms with van der Waals surface area (Å²) in [4.78, 5) is 22.6. The Labute approximate surface area is 108 Å². The highest BCUT2D eigenvalue weighted by molar-refractivity contribution is 9.09. The zero-order chi connectivity index (χ0) is 12.8. The predicted molar refractivity (Wildman–Crippen MR) is 68.5 cm³/mol. The molecule has 0 radical (unpaired) electrons. The van der Waals surface area contributed by atoms with Crippen molar-refractivity contribution in [2.45, 2.75) is 19.8 Å². The van der Waals surface area contributed by atoms with Gasteiger partial charge < -0.3 is 0 Å². The molecule has 0 atom stereocenters. The molecule has 1 aromatic carbocycles. The van der Waals surface area contributed by atoms with Crippen LogP contribution < -0.4 is 5.06 Å². The first-order valence-electron chi connectivity index (χ1n) is 5.27. The van der Waals surface area contributed by atoms with Crippen LogP contribution in [0.15, 0.2) is 24.3 Å². The van der Waals surface area contributed by atoms with Crippen LogP contribution in [0.5, 0.6) is 0 Å². The van der Waals surface area contributed by atoms with E-state index in [2.05, 4.69) is 15.9 Å². The summed E-state index contributed by atoms with van der Waals surface area (Å²) in [6, 6.07) is 6.96. The molecule has 5 heteroatoms. The van der Waals surface area contributed by atoms with Gasteiger partial charge in [-0.15, -0.1) is 0 Å². The highest BCUT2D eigenvalue weighted by Crippen LogP contribution is 2.15. The standard InChI is InChI=1S/C12H14BrNO3/c1-2-9-3-5-10(6-4-9)14(17)12(16)7-11(15)8-13/h3-6,17H,2,7-8H2,1H3. The predicted octanol–water partition coefficient (Wildman–Crippen LogP) is 2.33. The van der Waals surface area contributed by atoms with E-state index in [4.69, 9.17) is 0 Å². The molecule has 17 heavy (non-hydrogen) atoms. The molecule has 92 valence electrons. The SMILES string of the molecule is CCc1ccc(N(O)C(=O)CC(=O)CBr)cc1. The van der Waals surface area contributed by atoms with Crippen molar-refractivity contribution in [2.75, 3.05) is 10.4 Å². The number of carbonyl (C=O) groups is 2. The molecular weight excluding hydrogens is 286 g/mol. The Morgan fingerprint density at radius 1 is 1.29 bits per heavy atom. The van der Waals surface area contributed by atoms with Crippen LogP contribution in [0.4, 0.5) is 5.69 Å². The van der Waals surface area contributed by atoms with Crippen molar-refractivity contribution >= 4 is 33.3 Å². The number of benzene rings is 1. The Morgan fingerprint density at radius 3 is 2.35 bits per heavy atom. The second-order valence-electron chi connectivity index (χ2n) is 3.57. The number of hydrogen-bond donors (Lipinski definition) is 1. The van der Waals surface area contributed by atoms with Crippen LogP contribution in [-0.4, -0.2) is 22.2 Å². The highest BCUT2D eigenvalue weighted by atomic mass is 79.9. The average molecular weight is 300 g/mol. The number of rotatable bonds is 5. The Balaban J connectivity index is 2.71. The van der Waals surface area contributed by atoms with Gasteiger partial charge in [-0.05, 0) is 24.1 Å². The maximum absolute atomic E-state index is 11.5. The lowest BCUT2D eigenvalue weighted by molar-refractivity contribution is -0.128. The zero-order valence-corrected chi connectivity index (χ0v) is 11.1. The summed E-state index contributed by atoms with van der Waals surface area (Å²) in [6.45, 7) is 2.02. The number of alkyl halides is 1. The molecule has 1 rings (SSSR count). The highest BCUT2D eigenvalue weighted by Gasteiger charge is 2.16. The van der Waals surface area contributed by atoms with Gasteiger partial charge in [0.1, 0.15) is 0 Å². The van der Waals surface area contributed by atoms with Crippen LogP contribution in [0.3, 0.4) is 0 Å². The van der Waals surface area contributed by atoms with Crippen molar-refractivity contribution in [3.05, 3.63) is 29.8 Å². The number of hydroxylamine groups is 1. The van der Waals surface area contributed by atoms with Gasteiger partial charge in [-0.25, -0.2) is 0 Å². The first-order chi connectivity index (χ1) is 8.08. The molecule has 0 fully saturated rings. The summed E-state index contributed by atoms with van der Waals surface area (Å²) < 4.78 is 0. The lowest BCUT2D eigenvalue weighted by atomic mass is 10.1. The smallest absolute Gasteiger partial charge is 0.258 e. The van der Waals surface area contributed by atoms with Crippen LogP contribution in [-0.2, 0) is 16.0 Å². The molecule has 1 N–H and O–H groups in total. The molecular formula is C12H14BrNO3. The number of anilines is 1. The fourth-order valence-electron chi connectivity index (χ4n) is 1.31. The Kier molecular flexibility index (Phi) is 5.31. The second kappa shape index (κ2) is 6.51. The van der Waals surface area contributed by atoms with E-state index >= 15 is 0 Å². The Morgan fingerprint density at radius 2 is 1.88 bits per heavy atom. The lowest BCUT2D eigenvalue weighted by Crippen LogP contribution is -2.29. The summed E-state index contributed by atoms with van der Waals surface area (Å²) in [6.07, 6.45) is 0.582. The maximum Gasteiger partial charge on any atom is 0.258 e. The average Bonchev–Trinajstić information content (AvgIpc) is 2.37. The maximum atomic E-state index is 11.5. The van der Waals surface area contributed by atoms with E-state index in [1.54, 1.807) is 12.1 Å². The summed E-state index contributed by atoms with van der Waals surface area (Å²) in [7, 11) is 0. The van der Waals surface area contributed by atoms with Crippen LogP contribution in [0.25, 0.3) is 0 Å². The summed E-state index contributed by atoms with van der Waals surface area (Å²) in [5.74, 6) is -0.891. The molecule has 0 heterocycles.